The summed E-state index contributed by atoms with van der Waals surface area (Å²) in [6.45, 7) is 4.17. The second-order valence-corrected chi connectivity index (χ2v) is 7.69. The number of carboxylic acids is 1. The van der Waals surface area contributed by atoms with Crippen LogP contribution in [0.15, 0.2) is 23.8 Å². The average molecular weight is 397 g/mol. The molecular formula is C21H26F3NO3. The number of halogens is 3. The Balaban J connectivity index is 1.60. The molecule has 1 aromatic rings. The number of rotatable bonds is 8. The molecule has 1 saturated heterocycles. The van der Waals surface area contributed by atoms with E-state index in [1.165, 1.54) is 5.57 Å². The monoisotopic (exact) mass is 397 g/mol. The van der Waals surface area contributed by atoms with Crippen LogP contribution in [-0.4, -0.2) is 48.4 Å². The number of aliphatic carboxylic acids is 1. The third kappa shape index (κ3) is 5.28. The Bertz CT molecular complexity index is 739. The highest BCUT2D eigenvalue weighted by atomic mass is 19.4. The standard InChI is InChI=1S/C21H26F3NO3/c1-2-14-8-16-10-19(28-7-3-6-21(22,23)24)5-4-15(16)9-17(14)11-25-12-18(13-25)20(26)27/h4-5,9-10,14,18H,2-3,6-8,11-13H2,1H3,(H,26,27). The Labute approximate surface area is 163 Å². The van der Waals surface area contributed by atoms with Gasteiger partial charge in [0.05, 0.1) is 12.5 Å². The lowest BCUT2D eigenvalue weighted by atomic mass is 9.81. The summed E-state index contributed by atoms with van der Waals surface area (Å²) in [4.78, 5) is 13.1. The van der Waals surface area contributed by atoms with Crippen LogP contribution in [0.1, 0.15) is 37.3 Å². The van der Waals surface area contributed by atoms with Crippen LogP contribution in [0.5, 0.6) is 5.75 Å². The van der Waals surface area contributed by atoms with E-state index < -0.39 is 18.6 Å². The number of carboxylic acid groups (broad SMARTS) is 1. The summed E-state index contributed by atoms with van der Waals surface area (Å²) in [5, 5.41) is 9.02. The Morgan fingerprint density at radius 1 is 1.32 bits per heavy atom. The van der Waals surface area contributed by atoms with E-state index in [1.54, 1.807) is 6.07 Å². The van der Waals surface area contributed by atoms with E-state index in [1.807, 2.05) is 12.1 Å². The fourth-order valence-corrected chi connectivity index (χ4v) is 3.86. The quantitative estimate of drug-likeness (QED) is 0.661. The molecule has 2 aliphatic rings. The molecule has 0 aromatic heterocycles. The molecule has 3 rings (SSSR count). The van der Waals surface area contributed by atoms with Crippen molar-refractivity contribution < 1.29 is 27.8 Å². The van der Waals surface area contributed by atoms with Crippen molar-refractivity contribution in [2.45, 2.75) is 38.8 Å². The molecule has 4 nitrogen and oxygen atoms in total. The van der Waals surface area contributed by atoms with Crippen LogP contribution >= 0.6 is 0 Å². The normalized spacial score (nSPS) is 20.3. The van der Waals surface area contributed by atoms with E-state index in [-0.39, 0.29) is 18.9 Å². The van der Waals surface area contributed by atoms with Crippen molar-refractivity contribution in [3.05, 3.63) is 34.9 Å². The van der Waals surface area contributed by atoms with Crippen LogP contribution < -0.4 is 4.74 Å². The SMILES string of the molecule is CCC1Cc2cc(OCCCC(F)(F)F)ccc2C=C1CN1CC(C(=O)O)C1. The van der Waals surface area contributed by atoms with Crippen molar-refractivity contribution in [3.8, 4) is 5.75 Å². The molecule has 0 saturated carbocycles. The lowest BCUT2D eigenvalue weighted by Gasteiger charge is -2.39. The molecule has 0 spiro atoms. The van der Waals surface area contributed by atoms with Gasteiger partial charge in [-0.15, -0.1) is 0 Å². The fraction of sp³-hybridized carbons (Fsp3) is 0.571. The molecule has 0 radical (unpaired) electrons. The number of hydrogen-bond acceptors (Lipinski definition) is 3. The van der Waals surface area contributed by atoms with Gasteiger partial charge in [0.25, 0.3) is 0 Å². The van der Waals surface area contributed by atoms with E-state index >= 15 is 0 Å². The molecule has 1 fully saturated rings. The second-order valence-electron chi connectivity index (χ2n) is 7.69. The van der Waals surface area contributed by atoms with Gasteiger partial charge in [0.1, 0.15) is 5.75 Å². The first-order chi connectivity index (χ1) is 13.2. The average Bonchev–Trinajstić information content (AvgIpc) is 2.59. The maximum Gasteiger partial charge on any atom is 0.389 e. The zero-order chi connectivity index (χ0) is 20.3. The number of ether oxygens (including phenoxy) is 1. The van der Waals surface area contributed by atoms with Crippen molar-refractivity contribution in [2.24, 2.45) is 11.8 Å². The van der Waals surface area contributed by atoms with E-state index in [0.29, 0.717) is 24.8 Å². The predicted molar refractivity (Wildman–Crippen MR) is 100 cm³/mol. The smallest absolute Gasteiger partial charge is 0.389 e. The first kappa shape index (κ1) is 20.7. The maximum atomic E-state index is 12.2. The number of carbonyl (C=O) groups is 1. The molecule has 1 heterocycles. The molecule has 154 valence electrons. The van der Waals surface area contributed by atoms with E-state index in [9.17, 15) is 18.0 Å². The molecule has 1 aliphatic carbocycles. The van der Waals surface area contributed by atoms with Crippen molar-refractivity contribution in [1.29, 1.82) is 0 Å². The van der Waals surface area contributed by atoms with Crippen molar-refractivity contribution in [1.82, 2.24) is 4.90 Å². The summed E-state index contributed by atoms with van der Waals surface area (Å²) >= 11 is 0. The second kappa shape index (κ2) is 8.55. The number of fused-ring (bicyclic) bond motifs is 1. The van der Waals surface area contributed by atoms with Gasteiger partial charge in [-0.1, -0.05) is 24.6 Å². The highest BCUT2D eigenvalue weighted by Gasteiger charge is 2.34. The summed E-state index contributed by atoms with van der Waals surface area (Å²) in [7, 11) is 0. The lowest BCUT2D eigenvalue weighted by molar-refractivity contribution is -0.147. The molecule has 1 N–H and O–H groups in total. The van der Waals surface area contributed by atoms with Gasteiger partial charge in [0.2, 0.25) is 0 Å². The highest BCUT2D eigenvalue weighted by molar-refractivity contribution is 5.71. The van der Waals surface area contributed by atoms with Crippen molar-refractivity contribution in [2.75, 3.05) is 26.2 Å². The highest BCUT2D eigenvalue weighted by Crippen LogP contribution is 2.34. The minimum atomic E-state index is -4.14. The third-order valence-electron chi connectivity index (χ3n) is 5.52. The minimum Gasteiger partial charge on any atom is -0.494 e. The largest absolute Gasteiger partial charge is 0.494 e. The summed E-state index contributed by atoms with van der Waals surface area (Å²) in [6, 6.07) is 5.69. The summed E-state index contributed by atoms with van der Waals surface area (Å²) < 4.78 is 42.1. The van der Waals surface area contributed by atoms with Gasteiger partial charge in [0.15, 0.2) is 0 Å². The minimum absolute atomic E-state index is 0.0462. The van der Waals surface area contributed by atoms with Crippen LogP contribution in [0.2, 0.25) is 0 Å². The number of hydrogen-bond donors (Lipinski definition) is 1. The van der Waals surface area contributed by atoms with Crippen LogP contribution in [0, 0.1) is 11.8 Å². The lowest BCUT2D eigenvalue weighted by Crippen LogP contribution is -2.51. The van der Waals surface area contributed by atoms with Gasteiger partial charge < -0.3 is 9.84 Å². The molecule has 1 atom stereocenters. The van der Waals surface area contributed by atoms with E-state index in [0.717, 1.165) is 30.5 Å². The molecule has 0 bridgehead atoms. The van der Waals surface area contributed by atoms with E-state index in [2.05, 4.69) is 17.9 Å². The first-order valence-corrected chi connectivity index (χ1v) is 9.73. The third-order valence-corrected chi connectivity index (χ3v) is 5.52. The number of likely N-dealkylation sites (tertiary alicyclic amines) is 1. The van der Waals surface area contributed by atoms with Crippen molar-refractivity contribution >= 4 is 12.0 Å². The van der Waals surface area contributed by atoms with Gasteiger partial charge in [0, 0.05) is 26.1 Å². The molecule has 7 heteroatoms. The van der Waals surface area contributed by atoms with Gasteiger partial charge in [-0.25, -0.2) is 0 Å². The summed E-state index contributed by atoms with van der Waals surface area (Å²) in [5.74, 6) is 0.0131. The fourth-order valence-electron chi connectivity index (χ4n) is 3.86. The van der Waals surface area contributed by atoms with Crippen LogP contribution in [-0.2, 0) is 11.2 Å². The molecule has 0 amide bonds. The Morgan fingerprint density at radius 3 is 2.71 bits per heavy atom. The van der Waals surface area contributed by atoms with Gasteiger partial charge in [-0.2, -0.15) is 13.2 Å². The number of alkyl halides is 3. The zero-order valence-corrected chi connectivity index (χ0v) is 16.0. The Hall–Kier alpha value is -2.02. The summed E-state index contributed by atoms with van der Waals surface area (Å²) in [6.07, 6.45) is -0.993. The number of benzene rings is 1. The maximum absolute atomic E-state index is 12.2. The Morgan fingerprint density at radius 2 is 2.07 bits per heavy atom. The van der Waals surface area contributed by atoms with E-state index in [4.69, 9.17) is 9.84 Å². The van der Waals surface area contributed by atoms with Crippen LogP contribution in [0.3, 0.4) is 0 Å². The van der Waals surface area contributed by atoms with Gasteiger partial charge >= 0.3 is 12.1 Å². The number of nitrogens with zero attached hydrogens (tertiary/aromatic N) is 1. The summed E-state index contributed by atoms with van der Waals surface area (Å²) in [5.41, 5.74) is 3.58. The zero-order valence-electron chi connectivity index (χ0n) is 16.0. The predicted octanol–water partition coefficient (Wildman–Crippen LogP) is 4.39. The molecule has 28 heavy (non-hydrogen) atoms. The molecule has 1 unspecified atom stereocenters. The Kier molecular flexibility index (Phi) is 6.33. The van der Waals surface area contributed by atoms with Crippen LogP contribution in [0.25, 0.3) is 6.08 Å². The molecule has 1 aromatic carbocycles. The van der Waals surface area contributed by atoms with Gasteiger partial charge in [-0.05, 0) is 48.4 Å². The first-order valence-electron chi connectivity index (χ1n) is 9.73. The molecular weight excluding hydrogens is 371 g/mol. The molecule has 1 aliphatic heterocycles. The topological polar surface area (TPSA) is 49.8 Å². The van der Waals surface area contributed by atoms with Gasteiger partial charge in [-0.3, -0.25) is 9.69 Å². The van der Waals surface area contributed by atoms with Crippen LogP contribution in [0.4, 0.5) is 13.2 Å². The van der Waals surface area contributed by atoms with Crippen molar-refractivity contribution in [3.63, 3.8) is 0 Å².